The van der Waals surface area contributed by atoms with Gasteiger partial charge in [0, 0.05) is 47.1 Å². The number of nitrogens with one attached hydrogen (secondary N) is 2. The minimum absolute atomic E-state index is 0.0950. The van der Waals surface area contributed by atoms with Crippen molar-refractivity contribution in [3.63, 3.8) is 0 Å². The normalized spacial score (nSPS) is 10.2. The molecule has 8 heteroatoms. The van der Waals surface area contributed by atoms with Crippen molar-refractivity contribution in [2.45, 2.75) is 0 Å². The van der Waals surface area contributed by atoms with Crippen LogP contribution in [0.1, 0.15) is 41.4 Å². The first-order chi connectivity index (χ1) is 11.3. The van der Waals surface area contributed by atoms with Gasteiger partial charge in [-0.05, 0) is 12.1 Å². The summed E-state index contributed by atoms with van der Waals surface area (Å²) in [5.74, 6) is -4.49. The molecular weight excluding hydrogens is 316 g/mol. The lowest BCUT2D eigenvalue weighted by molar-refractivity contribution is -0.256. The van der Waals surface area contributed by atoms with Crippen molar-refractivity contribution in [1.29, 1.82) is 0 Å². The highest BCUT2D eigenvalue weighted by atomic mass is 16.4. The maximum Gasteiger partial charge on any atom is 0.251 e. The number of fused-ring (bicyclic) bond motifs is 1. The molecule has 0 aromatic heterocycles. The summed E-state index contributed by atoms with van der Waals surface area (Å²) in [4.78, 5) is 46.9. The molecule has 2 amide bonds. The number of carbonyl (C=O) groups is 4. The molecule has 2 rings (SSSR count). The lowest BCUT2D eigenvalue weighted by atomic mass is 9.91. The van der Waals surface area contributed by atoms with Gasteiger partial charge in [0.05, 0.1) is 11.9 Å². The Morgan fingerprint density at radius 3 is 1.21 bits per heavy atom. The Bertz CT molecular complexity index is 815. The third kappa shape index (κ3) is 2.65. The monoisotopic (exact) mass is 328 g/mol. The van der Waals surface area contributed by atoms with E-state index >= 15 is 0 Å². The lowest BCUT2D eigenvalue weighted by Crippen LogP contribution is -2.28. The van der Waals surface area contributed by atoms with Crippen LogP contribution in [0.25, 0.3) is 10.8 Å². The summed E-state index contributed by atoms with van der Waals surface area (Å²) >= 11 is 0. The van der Waals surface area contributed by atoms with Crippen LogP contribution in [0.4, 0.5) is 0 Å². The second kappa shape index (κ2) is 6.37. The van der Waals surface area contributed by atoms with Crippen LogP contribution in [0.5, 0.6) is 0 Å². The van der Waals surface area contributed by atoms with E-state index in [1.54, 1.807) is 0 Å². The predicted molar refractivity (Wildman–Crippen MR) is 79.4 cm³/mol. The van der Waals surface area contributed by atoms with Crippen LogP contribution in [0, 0.1) is 0 Å². The maximum absolute atomic E-state index is 12.0. The zero-order chi connectivity index (χ0) is 18.0. The minimum Gasteiger partial charge on any atom is -0.545 e. The van der Waals surface area contributed by atoms with Gasteiger partial charge in [0.15, 0.2) is 0 Å². The van der Waals surface area contributed by atoms with E-state index in [4.69, 9.17) is 0 Å². The van der Waals surface area contributed by atoms with Crippen LogP contribution in [-0.2, 0) is 0 Å². The van der Waals surface area contributed by atoms with Crippen molar-refractivity contribution < 1.29 is 29.4 Å². The molecule has 124 valence electrons. The van der Waals surface area contributed by atoms with Gasteiger partial charge in [-0.3, -0.25) is 9.59 Å². The molecule has 0 radical (unpaired) electrons. The second-order valence-corrected chi connectivity index (χ2v) is 4.80. The fourth-order valence-corrected chi connectivity index (χ4v) is 2.48. The van der Waals surface area contributed by atoms with Crippen LogP contribution in [-0.4, -0.2) is 37.8 Å². The molecule has 2 aromatic rings. The minimum atomic E-state index is -1.61. The van der Waals surface area contributed by atoms with E-state index in [0.29, 0.717) is 0 Å². The third-order valence-electron chi connectivity index (χ3n) is 3.54. The number of aromatic carboxylic acids is 2. The molecule has 0 atom stereocenters. The van der Waals surface area contributed by atoms with Crippen molar-refractivity contribution in [2.24, 2.45) is 0 Å². The van der Waals surface area contributed by atoms with Crippen LogP contribution < -0.4 is 20.8 Å². The highest BCUT2D eigenvalue weighted by Gasteiger charge is 2.21. The summed E-state index contributed by atoms with van der Waals surface area (Å²) in [5.41, 5.74) is -0.997. The Hall–Kier alpha value is -3.42. The highest BCUT2D eigenvalue weighted by molar-refractivity contribution is 6.22. The number of hydrogen-bond donors (Lipinski definition) is 2. The fraction of sp³-hybridized carbons (Fsp3) is 0.125. The van der Waals surface area contributed by atoms with E-state index in [1.165, 1.54) is 14.1 Å². The van der Waals surface area contributed by atoms with Gasteiger partial charge >= 0.3 is 0 Å². The Labute approximate surface area is 136 Å². The quantitative estimate of drug-likeness (QED) is 0.685. The Kier molecular flexibility index (Phi) is 4.50. The molecule has 0 saturated carbocycles. The molecule has 24 heavy (non-hydrogen) atoms. The zero-order valence-corrected chi connectivity index (χ0v) is 12.8. The van der Waals surface area contributed by atoms with Gasteiger partial charge in [-0.15, -0.1) is 0 Å². The molecule has 2 aromatic carbocycles. The topological polar surface area (TPSA) is 138 Å². The Morgan fingerprint density at radius 1 is 0.667 bits per heavy atom. The van der Waals surface area contributed by atoms with Crippen molar-refractivity contribution in [2.75, 3.05) is 14.1 Å². The maximum atomic E-state index is 12.0. The molecule has 0 aliphatic heterocycles. The molecule has 0 fully saturated rings. The van der Waals surface area contributed by atoms with Gasteiger partial charge in [0.2, 0.25) is 0 Å². The van der Waals surface area contributed by atoms with E-state index in [9.17, 15) is 29.4 Å². The number of benzene rings is 2. The standard InChI is InChI=1S/C16H14N2O6/c1-17-13(19)7-3-5-10(16(23)24)12-8(14(20)18-2)4-6-9(11(7)12)15(21)22/h3-6H,1-2H3,(H,17,19)(H,18,20)(H,21,22)(H,23,24)/p-2. The number of amides is 2. The number of rotatable bonds is 4. The van der Waals surface area contributed by atoms with E-state index < -0.39 is 34.9 Å². The number of carbonyl (C=O) groups excluding carboxylic acids is 4. The van der Waals surface area contributed by atoms with Crippen LogP contribution in [0.3, 0.4) is 0 Å². The van der Waals surface area contributed by atoms with Crippen LogP contribution >= 0.6 is 0 Å². The number of hydrogen-bond acceptors (Lipinski definition) is 6. The number of carboxylic acids is 2. The van der Waals surface area contributed by atoms with Gasteiger partial charge in [-0.1, -0.05) is 12.1 Å². The van der Waals surface area contributed by atoms with Crippen molar-refractivity contribution >= 4 is 34.5 Å². The fourth-order valence-electron chi connectivity index (χ4n) is 2.48. The SMILES string of the molecule is CNC(=O)c1ccc(C(=O)[O-])c2c(C(=O)NC)ccc(C(=O)[O-])c12. The molecule has 8 nitrogen and oxygen atoms in total. The zero-order valence-electron chi connectivity index (χ0n) is 12.8. The summed E-state index contributed by atoms with van der Waals surface area (Å²) in [5, 5.41) is 27.1. The summed E-state index contributed by atoms with van der Waals surface area (Å²) in [6, 6.07) is 4.50. The summed E-state index contributed by atoms with van der Waals surface area (Å²) in [6.07, 6.45) is 0. The third-order valence-corrected chi connectivity index (χ3v) is 3.54. The summed E-state index contributed by atoms with van der Waals surface area (Å²) < 4.78 is 0. The molecule has 0 unspecified atom stereocenters. The molecule has 0 spiro atoms. The molecule has 0 heterocycles. The van der Waals surface area contributed by atoms with Crippen molar-refractivity contribution in [3.8, 4) is 0 Å². The van der Waals surface area contributed by atoms with Crippen molar-refractivity contribution in [3.05, 3.63) is 46.5 Å². The van der Waals surface area contributed by atoms with E-state index in [0.717, 1.165) is 24.3 Å². The van der Waals surface area contributed by atoms with E-state index in [1.807, 2.05) is 0 Å². The average molecular weight is 328 g/mol. The first-order valence-electron chi connectivity index (χ1n) is 6.80. The van der Waals surface area contributed by atoms with E-state index in [-0.39, 0.29) is 21.9 Å². The largest absolute Gasteiger partial charge is 0.545 e. The molecule has 0 aliphatic carbocycles. The van der Waals surface area contributed by atoms with Gasteiger partial charge in [0.1, 0.15) is 0 Å². The van der Waals surface area contributed by atoms with Crippen molar-refractivity contribution in [1.82, 2.24) is 10.6 Å². The molecular formula is C16H12N2O6-2. The summed E-state index contributed by atoms with van der Waals surface area (Å²) in [7, 11) is 2.67. The first kappa shape index (κ1) is 16.9. The predicted octanol–water partition coefficient (Wildman–Crippen LogP) is -1.71. The van der Waals surface area contributed by atoms with Crippen LogP contribution in [0.2, 0.25) is 0 Å². The second-order valence-electron chi connectivity index (χ2n) is 4.80. The molecule has 2 N–H and O–H groups in total. The smallest absolute Gasteiger partial charge is 0.251 e. The first-order valence-corrected chi connectivity index (χ1v) is 6.80. The highest BCUT2D eigenvalue weighted by Crippen LogP contribution is 2.30. The average Bonchev–Trinajstić information content (AvgIpc) is 2.57. The van der Waals surface area contributed by atoms with Gasteiger partial charge < -0.3 is 30.4 Å². The Morgan fingerprint density at radius 2 is 0.958 bits per heavy atom. The molecule has 0 saturated heterocycles. The van der Waals surface area contributed by atoms with Gasteiger partial charge in [-0.25, -0.2) is 0 Å². The molecule has 0 aliphatic rings. The number of carboxylic acid groups (broad SMARTS) is 2. The Balaban J connectivity index is 3.11. The van der Waals surface area contributed by atoms with Gasteiger partial charge in [-0.2, -0.15) is 0 Å². The lowest BCUT2D eigenvalue weighted by Gasteiger charge is -2.18. The molecule has 0 bridgehead atoms. The van der Waals surface area contributed by atoms with E-state index in [2.05, 4.69) is 10.6 Å². The van der Waals surface area contributed by atoms with Gasteiger partial charge in [0.25, 0.3) is 11.8 Å². The van der Waals surface area contributed by atoms with Crippen LogP contribution in [0.15, 0.2) is 24.3 Å². The summed E-state index contributed by atoms with van der Waals surface area (Å²) in [6.45, 7) is 0.